The molecule has 0 aliphatic heterocycles. The van der Waals surface area contributed by atoms with Crippen LogP contribution in [0.25, 0.3) is 0 Å². The van der Waals surface area contributed by atoms with Crippen LogP contribution in [0.15, 0.2) is 6.07 Å². The maximum Gasteiger partial charge on any atom is 0.228 e. The molecule has 1 atom stereocenters. The summed E-state index contributed by atoms with van der Waals surface area (Å²) in [6.45, 7) is 2.36. The molecule has 0 saturated carbocycles. The van der Waals surface area contributed by atoms with E-state index in [1.807, 2.05) is 13.0 Å². The van der Waals surface area contributed by atoms with Gasteiger partial charge in [0, 0.05) is 26.4 Å². The van der Waals surface area contributed by atoms with E-state index in [1.54, 1.807) is 7.05 Å². The fourth-order valence-corrected chi connectivity index (χ4v) is 1.52. The molecule has 2 N–H and O–H groups in total. The van der Waals surface area contributed by atoms with Crippen LogP contribution in [-0.2, 0) is 16.0 Å². The van der Waals surface area contributed by atoms with Crippen LogP contribution in [0.2, 0.25) is 0 Å². The van der Waals surface area contributed by atoms with Crippen LogP contribution >= 0.6 is 0 Å². The number of hydrogen-bond acceptors (Lipinski definition) is 4. The molecule has 6 heteroatoms. The first-order chi connectivity index (χ1) is 8.02. The molecule has 1 amide bonds. The fraction of sp³-hybridized carbons (Fsp3) is 0.636. The first-order valence-electron chi connectivity index (χ1n) is 5.44. The monoisotopic (exact) mass is 241 g/mol. The summed E-state index contributed by atoms with van der Waals surface area (Å²) in [6.07, 6.45) is -0.421. The van der Waals surface area contributed by atoms with Crippen LogP contribution < -0.4 is 0 Å². The fourth-order valence-electron chi connectivity index (χ4n) is 1.52. The van der Waals surface area contributed by atoms with Crippen molar-refractivity contribution in [2.75, 3.05) is 27.3 Å². The average Bonchev–Trinajstić information content (AvgIpc) is 2.64. The summed E-state index contributed by atoms with van der Waals surface area (Å²) in [7, 11) is 3.16. The molecule has 0 bridgehead atoms. The van der Waals surface area contributed by atoms with Gasteiger partial charge >= 0.3 is 0 Å². The van der Waals surface area contributed by atoms with E-state index in [9.17, 15) is 9.90 Å². The Morgan fingerprint density at radius 2 is 2.41 bits per heavy atom. The van der Waals surface area contributed by atoms with E-state index in [1.165, 1.54) is 12.0 Å². The van der Waals surface area contributed by atoms with Gasteiger partial charge in [0.2, 0.25) is 5.91 Å². The van der Waals surface area contributed by atoms with Crippen LogP contribution in [0, 0.1) is 6.92 Å². The number of carbonyl (C=O) groups excluding carboxylic acids is 1. The van der Waals surface area contributed by atoms with Gasteiger partial charge in [-0.05, 0) is 13.0 Å². The predicted molar refractivity (Wildman–Crippen MR) is 62.5 cm³/mol. The lowest BCUT2D eigenvalue weighted by molar-refractivity contribution is -0.130. The van der Waals surface area contributed by atoms with Crippen molar-refractivity contribution in [1.29, 1.82) is 0 Å². The number of H-pyrrole nitrogens is 1. The van der Waals surface area contributed by atoms with Gasteiger partial charge < -0.3 is 14.7 Å². The SMILES string of the molecule is COCC(O)CN(C)C(=O)Cc1cc(C)[nH]n1. The van der Waals surface area contributed by atoms with Crippen molar-refractivity contribution in [2.24, 2.45) is 0 Å². The Bertz CT molecular complexity index is 365. The van der Waals surface area contributed by atoms with Gasteiger partial charge in [0.25, 0.3) is 0 Å². The van der Waals surface area contributed by atoms with Crippen LogP contribution in [0.1, 0.15) is 11.4 Å². The number of aliphatic hydroxyl groups excluding tert-OH is 1. The van der Waals surface area contributed by atoms with Crippen molar-refractivity contribution in [3.05, 3.63) is 17.5 Å². The Morgan fingerprint density at radius 1 is 1.71 bits per heavy atom. The molecule has 1 rings (SSSR count). The molecule has 1 aromatic rings. The molecule has 0 aliphatic carbocycles. The Balaban J connectivity index is 2.41. The standard InChI is InChI=1S/C11H19N3O3/c1-8-4-9(13-12-8)5-11(16)14(2)6-10(15)7-17-3/h4,10,15H,5-7H2,1-3H3,(H,12,13). The average molecular weight is 241 g/mol. The van der Waals surface area contributed by atoms with Crippen molar-refractivity contribution in [1.82, 2.24) is 15.1 Å². The number of likely N-dealkylation sites (N-methyl/N-ethyl adjacent to an activating group) is 1. The number of ether oxygens (including phenoxy) is 1. The maximum absolute atomic E-state index is 11.8. The maximum atomic E-state index is 11.8. The molecule has 0 radical (unpaired) electrons. The molecular formula is C11H19N3O3. The number of nitrogens with zero attached hydrogens (tertiary/aromatic N) is 2. The highest BCUT2D eigenvalue weighted by molar-refractivity contribution is 5.78. The first kappa shape index (κ1) is 13.7. The highest BCUT2D eigenvalue weighted by atomic mass is 16.5. The Kier molecular flexibility index (Phi) is 5.11. The Labute approximate surface area is 101 Å². The first-order valence-corrected chi connectivity index (χ1v) is 5.44. The summed E-state index contributed by atoms with van der Waals surface area (Å²) in [4.78, 5) is 13.3. The molecule has 1 heterocycles. The zero-order chi connectivity index (χ0) is 12.8. The molecule has 0 spiro atoms. The third-order valence-corrected chi connectivity index (χ3v) is 2.36. The highest BCUT2D eigenvalue weighted by Gasteiger charge is 2.15. The predicted octanol–water partition coefficient (Wildman–Crippen LogP) is -0.274. The van der Waals surface area contributed by atoms with Crippen LogP contribution in [0.5, 0.6) is 0 Å². The van der Waals surface area contributed by atoms with Gasteiger partial charge in [-0.1, -0.05) is 0 Å². The van der Waals surface area contributed by atoms with Crippen molar-refractivity contribution in [2.45, 2.75) is 19.4 Å². The third kappa shape index (κ3) is 4.54. The van der Waals surface area contributed by atoms with Crippen LogP contribution in [-0.4, -0.2) is 59.5 Å². The van der Waals surface area contributed by atoms with Crippen LogP contribution in [0.3, 0.4) is 0 Å². The van der Waals surface area contributed by atoms with E-state index >= 15 is 0 Å². The van der Waals surface area contributed by atoms with Crippen molar-refractivity contribution in [3.8, 4) is 0 Å². The molecule has 0 aromatic carbocycles. The lowest BCUT2D eigenvalue weighted by atomic mass is 10.2. The Hall–Kier alpha value is -1.40. The molecule has 17 heavy (non-hydrogen) atoms. The second-order valence-corrected chi connectivity index (χ2v) is 4.10. The number of amides is 1. The molecule has 0 fully saturated rings. The van der Waals surface area contributed by atoms with E-state index in [0.717, 1.165) is 5.69 Å². The van der Waals surface area contributed by atoms with Gasteiger partial charge in [-0.3, -0.25) is 9.89 Å². The lowest BCUT2D eigenvalue weighted by Gasteiger charge is -2.20. The summed E-state index contributed by atoms with van der Waals surface area (Å²) in [5.41, 5.74) is 1.63. The summed E-state index contributed by atoms with van der Waals surface area (Å²) in [5.74, 6) is -0.0772. The second-order valence-electron chi connectivity index (χ2n) is 4.10. The number of carbonyl (C=O) groups is 1. The second kappa shape index (κ2) is 6.36. The number of methoxy groups -OCH3 is 1. The molecule has 1 aromatic heterocycles. The van der Waals surface area contributed by atoms with Crippen molar-refractivity contribution in [3.63, 3.8) is 0 Å². The number of rotatable bonds is 6. The zero-order valence-corrected chi connectivity index (χ0v) is 10.4. The smallest absolute Gasteiger partial charge is 0.228 e. The number of aliphatic hydroxyl groups is 1. The van der Waals surface area contributed by atoms with Gasteiger partial charge in [-0.15, -0.1) is 0 Å². The molecule has 1 unspecified atom stereocenters. The molecule has 96 valence electrons. The van der Waals surface area contributed by atoms with Crippen molar-refractivity contribution >= 4 is 5.91 Å². The largest absolute Gasteiger partial charge is 0.389 e. The van der Waals surface area contributed by atoms with Gasteiger partial charge in [0.05, 0.1) is 24.8 Å². The van der Waals surface area contributed by atoms with E-state index < -0.39 is 6.10 Å². The van der Waals surface area contributed by atoms with Gasteiger partial charge in [-0.2, -0.15) is 5.10 Å². The van der Waals surface area contributed by atoms with Gasteiger partial charge in [0.15, 0.2) is 0 Å². The summed E-state index contributed by atoms with van der Waals surface area (Å²) >= 11 is 0. The minimum atomic E-state index is -0.658. The van der Waals surface area contributed by atoms with Crippen LogP contribution in [0.4, 0.5) is 0 Å². The van der Waals surface area contributed by atoms with Crippen molar-refractivity contribution < 1.29 is 14.6 Å². The lowest BCUT2D eigenvalue weighted by Crippen LogP contribution is -2.37. The quantitative estimate of drug-likeness (QED) is 0.718. The van der Waals surface area contributed by atoms with E-state index in [4.69, 9.17) is 4.74 Å². The summed E-state index contributed by atoms with van der Waals surface area (Å²) < 4.78 is 4.80. The van der Waals surface area contributed by atoms with E-state index in [-0.39, 0.29) is 25.5 Å². The van der Waals surface area contributed by atoms with Gasteiger partial charge in [-0.25, -0.2) is 0 Å². The van der Waals surface area contributed by atoms with E-state index in [0.29, 0.717) is 5.69 Å². The molecule has 6 nitrogen and oxygen atoms in total. The molecule has 0 aliphatic rings. The normalized spacial score (nSPS) is 12.5. The number of hydrogen-bond donors (Lipinski definition) is 2. The number of aryl methyl sites for hydroxylation is 1. The third-order valence-electron chi connectivity index (χ3n) is 2.36. The summed E-state index contributed by atoms with van der Waals surface area (Å²) in [6, 6.07) is 1.83. The zero-order valence-electron chi connectivity index (χ0n) is 10.4. The number of aromatic nitrogens is 2. The summed E-state index contributed by atoms with van der Waals surface area (Å²) in [5, 5.41) is 16.3. The number of aromatic amines is 1. The van der Waals surface area contributed by atoms with E-state index in [2.05, 4.69) is 10.2 Å². The molecular weight excluding hydrogens is 222 g/mol. The minimum Gasteiger partial charge on any atom is -0.389 e. The van der Waals surface area contributed by atoms with Gasteiger partial charge in [0.1, 0.15) is 0 Å². The topological polar surface area (TPSA) is 78.5 Å². The number of nitrogens with one attached hydrogen (secondary N) is 1. The Morgan fingerprint density at radius 3 is 2.94 bits per heavy atom. The molecule has 0 saturated heterocycles. The minimum absolute atomic E-state index is 0.0772. The highest BCUT2D eigenvalue weighted by Crippen LogP contribution is 2.01.